The van der Waals surface area contributed by atoms with Gasteiger partial charge in [-0.2, -0.15) is 0 Å². The van der Waals surface area contributed by atoms with Gasteiger partial charge in [0.05, 0.1) is 5.75 Å². The lowest BCUT2D eigenvalue weighted by molar-refractivity contribution is -0.132. The lowest BCUT2D eigenvalue weighted by Gasteiger charge is -2.26. The van der Waals surface area contributed by atoms with E-state index < -0.39 is 27.2 Å². The number of carbonyl (C=O) groups is 1. The second kappa shape index (κ2) is 5.03. The Balaban J connectivity index is 2.44. The summed E-state index contributed by atoms with van der Waals surface area (Å²) in [5, 5.41) is 9.96. The van der Waals surface area contributed by atoms with Crippen LogP contribution in [0.5, 0.6) is 0 Å². The van der Waals surface area contributed by atoms with E-state index in [0.29, 0.717) is 5.56 Å². The Labute approximate surface area is 122 Å². The first kappa shape index (κ1) is 15.3. The van der Waals surface area contributed by atoms with Crippen molar-refractivity contribution in [3.63, 3.8) is 0 Å². The molecule has 0 radical (unpaired) electrons. The molecule has 0 saturated heterocycles. The van der Waals surface area contributed by atoms with Gasteiger partial charge in [0.1, 0.15) is 0 Å². The van der Waals surface area contributed by atoms with Crippen LogP contribution in [0.15, 0.2) is 36.2 Å². The molecule has 0 fully saturated rings. The fourth-order valence-corrected chi connectivity index (χ4v) is 2.74. The van der Waals surface area contributed by atoms with Crippen LogP contribution in [0.4, 0.5) is 0 Å². The average molecular weight is 312 g/mol. The van der Waals surface area contributed by atoms with E-state index in [0.717, 1.165) is 4.31 Å². The fourth-order valence-electron chi connectivity index (χ4n) is 1.98. The number of hydrogen-bond donors (Lipinski definition) is 1. The molecule has 0 spiro atoms. The van der Waals surface area contributed by atoms with Crippen molar-refractivity contribution in [2.24, 2.45) is 0 Å². The second-order valence-electron chi connectivity index (χ2n) is 4.73. The highest BCUT2D eigenvalue weighted by atomic mass is 32.2. The van der Waals surface area contributed by atoms with Gasteiger partial charge in [0, 0.05) is 25.0 Å². The number of Topliss-reactive ketones (excluding diaryl/α,β-unsaturated/α-hetero) is 1. The number of ether oxygens (including phenoxy) is 1. The first-order chi connectivity index (χ1) is 9.74. The smallest absolute Gasteiger partial charge is 0.251 e. The molecule has 8 heteroatoms. The average Bonchev–Trinajstić information content (AvgIpc) is 2.73. The standard InChI is InChI=1S/C13H16N2O5S/c1-4-21(18,19)15(3)12-10(16)11(17)13(2,20-12)9-6-5-7-14-8-9/h5-8,16H,4H2,1-3H3. The lowest BCUT2D eigenvalue weighted by Crippen LogP contribution is -2.33. The molecule has 1 N–H and O–H groups in total. The molecule has 1 aromatic rings. The molecule has 0 saturated carbocycles. The van der Waals surface area contributed by atoms with Gasteiger partial charge in [-0.05, 0) is 19.9 Å². The van der Waals surface area contributed by atoms with Crippen molar-refractivity contribution in [3.05, 3.63) is 41.7 Å². The number of aliphatic hydroxyl groups is 1. The summed E-state index contributed by atoms with van der Waals surface area (Å²) >= 11 is 0. The normalized spacial score (nSPS) is 22.3. The number of aromatic nitrogens is 1. The van der Waals surface area contributed by atoms with Crippen LogP contribution in [-0.2, 0) is 25.2 Å². The highest BCUT2D eigenvalue weighted by Crippen LogP contribution is 2.38. The molecule has 0 amide bonds. The van der Waals surface area contributed by atoms with Crippen LogP contribution in [0.1, 0.15) is 19.4 Å². The number of carbonyl (C=O) groups excluding carboxylic acids is 1. The zero-order valence-electron chi connectivity index (χ0n) is 11.9. The number of hydrogen-bond acceptors (Lipinski definition) is 6. The van der Waals surface area contributed by atoms with Gasteiger partial charge in [0.2, 0.25) is 21.4 Å². The van der Waals surface area contributed by atoms with E-state index in [9.17, 15) is 18.3 Å². The number of nitrogens with zero attached hydrogens (tertiary/aromatic N) is 2. The van der Waals surface area contributed by atoms with E-state index in [-0.39, 0.29) is 11.6 Å². The number of rotatable bonds is 4. The van der Waals surface area contributed by atoms with E-state index >= 15 is 0 Å². The van der Waals surface area contributed by atoms with E-state index in [1.165, 1.54) is 33.3 Å². The van der Waals surface area contributed by atoms with Gasteiger partial charge in [-0.3, -0.25) is 9.78 Å². The minimum absolute atomic E-state index is 0.179. The summed E-state index contributed by atoms with van der Waals surface area (Å²) in [6, 6.07) is 3.24. The molecule has 1 unspecified atom stereocenters. The first-order valence-electron chi connectivity index (χ1n) is 6.28. The quantitative estimate of drug-likeness (QED) is 0.887. The summed E-state index contributed by atoms with van der Waals surface area (Å²) in [6.07, 6.45) is 2.97. The highest BCUT2D eigenvalue weighted by molar-refractivity contribution is 7.89. The van der Waals surface area contributed by atoms with Gasteiger partial charge in [-0.25, -0.2) is 12.7 Å². The first-order valence-corrected chi connectivity index (χ1v) is 7.89. The summed E-state index contributed by atoms with van der Waals surface area (Å²) < 4.78 is 30.0. The van der Waals surface area contributed by atoms with Gasteiger partial charge < -0.3 is 9.84 Å². The molecule has 0 bridgehead atoms. The van der Waals surface area contributed by atoms with Crippen LogP contribution in [0.25, 0.3) is 0 Å². The Morgan fingerprint density at radius 2 is 2.14 bits per heavy atom. The summed E-state index contributed by atoms with van der Waals surface area (Å²) in [4.78, 5) is 16.2. The molecule has 114 valence electrons. The number of aliphatic hydroxyl groups excluding tert-OH is 1. The Bertz CT molecular complexity index is 699. The number of sulfonamides is 1. The highest BCUT2D eigenvalue weighted by Gasteiger charge is 2.50. The maximum absolute atomic E-state index is 12.3. The summed E-state index contributed by atoms with van der Waals surface area (Å²) in [5.74, 6) is -1.96. The van der Waals surface area contributed by atoms with Gasteiger partial charge in [-0.1, -0.05) is 6.07 Å². The molecule has 1 aromatic heterocycles. The SMILES string of the molecule is CCS(=O)(=O)N(C)C1=C(O)C(=O)C(C)(c2cccnc2)O1. The van der Waals surface area contributed by atoms with Crippen LogP contribution in [0, 0.1) is 0 Å². The molecule has 21 heavy (non-hydrogen) atoms. The summed E-state index contributed by atoms with van der Waals surface area (Å²) in [5.41, 5.74) is -1.07. The zero-order chi connectivity index (χ0) is 15.8. The predicted octanol–water partition coefficient (Wildman–Crippen LogP) is 0.905. The van der Waals surface area contributed by atoms with Gasteiger partial charge in [0.15, 0.2) is 0 Å². The largest absolute Gasteiger partial charge is 0.501 e. The molecule has 1 aliphatic rings. The molecule has 1 aliphatic heterocycles. The molecule has 0 aromatic carbocycles. The molecule has 2 heterocycles. The third-order valence-corrected chi connectivity index (χ3v) is 5.16. The maximum Gasteiger partial charge on any atom is 0.251 e. The fraction of sp³-hybridized carbons (Fsp3) is 0.385. The lowest BCUT2D eigenvalue weighted by atomic mass is 9.93. The Kier molecular flexibility index (Phi) is 3.66. The predicted molar refractivity (Wildman–Crippen MR) is 74.6 cm³/mol. The Morgan fingerprint density at radius 3 is 2.67 bits per heavy atom. The van der Waals surface area contributed by atoms with Crippen molar-refractivity contribution in [2.45, 2.75) is 19.4 Å². The zero-order valence-corrected chi connectivity index (χ0v) is 12.7. The van der Waals surface area contributed by atoms with E-state index in [2.05, 4.69) is 4.98 Å². The maximum atomic E-state index is 12.3. The van der Waals surface area contributed by atoms with Crippen molar-refractivity contribution in [2.75, 3.05) is 12.8 Å². The third-order valence-electron chi connectivity index (χ3n) is 3.43. The minimum atomic E-state index is -3.65. The summed E-state index contributed by atoms with van der Waals surface area (Å²) in [6.45, 7) is 2.92. The van der Waals surface area contributed by atoms with Crippen molar-refractivity contribution < 1.29 is 23.1 Å². The van der Waals surface area contributed by atoms with Crippen molar-refractivity contribution in [1.29, 1.82) is 0 Å². The molecular weight excluding hydrogens is 296 g/mol. The van der Waals surface area contributed by atoms with E-state index in [4.69, 9.17) is 4.74 Å². The minimum Gasteiger partial charge on any atom is -0.501 e. The molecule has 1 atom stereocenters. The Morgan fingerprint density at radius 1 is 1.48 bits per heavy atom. The van der Waals surface area contributed by atoms with E-state index in [1.54, 1.807) is 12.1 Å². The van der Waals surface area contributed by atoms with Crippen LogP contribution >= 0.6 is 0 Å². The van der Waals surface area contributed by atoms with Crippen LogP contribution in [0.3, 0.4) is 0 Å². The number of pyridine rings is 1. The van der Waals surface area contributed by atoms with Crippen LogP contribution in [0.2, 0.25) is 0 Å². The summed E-state index contributed by atoms with van der Waals surface area (Å²) in [7, 11) is -2.42. The number of ketones is 1. The Hall–Kier alpha value is -2.09. The van der Waals surface area contributed by atoms with Crippen LogP contribution < -0.4 is 0 Å². The van der Waals surface area contributed by atoms with Crippen molar-refractivity contribution >= 4 is 15.8 Å². The monoisotopic (exact) mass is 312 g/mol. The molecule has 0 aliphatic carbocycles. The second-order valence-corrected chi connectivity index (χ2v) is 7.02. The molecule has 2 rings (SSSR count). The molecule has 7 nitrogen and oxygen atoms in total. The van der Waals surface area contributed by atoms with Gasteiger partial charge in [-0.15, -0.1) is 0 Å². The van der Waals surface area contributed by atoms with Gasteiger partial charge in [0.25, 0.3) is 11.7 Å². The molecular formula is C13H16N2O5S. The third kappa shape index (κ3) is 2.35. The van der Waals surface area contributed by atoms with Crippen molar-refractivity contribution in [1.82, 2.24) is 9.29 Å². The topological polar surface area (TPSA) is 96.8 Å². The van der Waals surface area contributed by atoms with Gasteiger partial charge >= 0.3 is 0 Å². The van der Waals surface area contributed by atoms with Crippen LogP contribution in [-0.4, -0.2) is 41.4 Å². The van der Waals surface area contributed by atoms with E-state index in [1.807, 2.05) is 0 Å². The van der Waals surface area contributed by atoms with Crippen molar-refractivity contribution in [3.8, 4) is 0 Å².